The SMILES string of the molecule is COC[C@@]1(CN)[C@H](S(=O)(=O)c2ccc(Cl)cc2)[C@@H]1c1ccc(Cl)cc1. The van der Waals surface area contributed by atoms with Crippen molar-refractivity contribution in [2.24, 2.45) is 11.1 Å². The van der Waals surface area contributed by atoms with Gasteiger partial charge in [-0.25, -0.2) is 8.42 Å². The Balaban J connectivity index is 2.05. The van der Waals surface area contributed by atoms with E-state index in [1.54, 1.807) is 31.4 Å². The third-order valence-corrected chi connectivity index (χ3v) is 7.72. The fourth-order valence-corrected chi connectivity index (χ4v) is 6.33. The van der Waals surface area contributed by atoms with Gasteiger partial charge in [-0.3, -0.25) is 0 Å². The molecule has 1 aliphatic carbocycles. The van der Waals surface area contributed by atoms with E-state index in [1.165, 1.54) is 12.1 Å². The Morgan fingerprint density at radius 2 is 1.56 bits per heavy atom. The second kappa shape index (κ2) is 6.89. The van der Waals surface area contributed by atoms with Crippen LogP contribution in [0.3, 0.4) is 0 Å². The highest BCUT2D eigenvalue weighted by Gasteiger charge is 2.70. The van der Waals surface area contributed by atoms with Crippen molar-refractivity contribution in [2.45, 2.75) is 16.1 Å². The summed E-state index contributed by atoms with van der Waals surface area (Å²) in [6.07, 6.45) is 0. The van der Waals surface area contributed by atoms with Crippen molar-refractivity contribution in [3.8, 4) is 0 Å². The van der Waals surface area contributed by atoms with Crippen LogP contribution in [-0.4, -0.2) is 33.9 Å². The van der Waals surface area contributed by atoms with Crippen molar-refractivity contribution < 1.29 is 13.2 Å². The lowest BCUT2D eigenvalue weighted by Gasteiger charge is -2.15. The van der Waals surface area contributed by atoms with Gasteiger partial charge in [0.05, 0.1) is 16.8 Å². The number of methoxy groups -OCH3 is 1. The molecular weight excluding hydrogens is 381 g/mol. The first-order chi connectivity index (χ1) is 11.9. The van der Waals surface area contributed by atoms with Crippen molar-refractivity contribution in [1.29, 1.82) is 0 Å². The maximum atomic E-state index is 13.2. The molecule has 1 saturated carbocycles. The number of ether oxygens (including phenoxy) is 1. The molecule has 1 fully saturated rings. The maximum absolute atomic E-state index is 13.2. The predicted octanol–water partition coefficient (Wildman–Crippen LogP) is 3.52. The highest BCUT2D eigenvalue weighted by atomic mass is 35.5. The van der Waals surface area contributed by atoms with Crippen LogP contribution in [0.4, 0.5) is 0 Å². The fraction of sp³-hybridized carbons (Fsp3) is 0.333. The average molecular weight is 400 g/mol. The highest BCUT2D eigenvalue weighted by Crippen LogP contribution is 2.63. The minimum absolute atomic E-state index is 0.214. The third kappa shape index (κ3) is 3.20. The van der Waals surface area contributed by atoms with Gasteiger partial charge in [-0.1, -0.05) is 35.3 Å². The molecule has 1 aliphatic rings. The molecule has 4 nitrogen and oxygen atoms in total. The quantitative estimate of drug-likeness (QED) is 0.806. The zero-order valence-corrected chi connectivity index (χ0v) is 16.0. The summed E-state index contributed by atoms with van der Waals surface area (Å²) in [5.41, 5.74) is 6.26. The van der Waals surface area contributed by atoms with Crippen molar-refractivity contribution in [3.63, 3.8) is 0 Å². The van der Waals surface area contributed by atoms with Crippen LogP contribution in [-0.2, 0) is 14.6 Å². The van der Waals surface area contributed by atoms with Gasteiger partial charge in [-0.05, 0) is 42.0 Å². The Hall–Kier alpha value is -1.11. The largest absolute Gasteiger partial charge is 0.384 e. The second-order valence-corrected chi connectivity index (χ2v) is 9.26. The molecule has 2 N–H and O–H groups in total. The number of nitrogens with two attached hydrogens (primary N) is 1. The first kappa shape index (κ1) is 18.7. The summed E-state index contributed by atoms with van der Waals surface area (Å²) in [6, 6.07) is 13.4. The van der Waals surface area contributed by atoms with Crippen LogP contribution in [0.2, 0.25) is 10.0 Å². The van der Waals surface area contributed by atoms with Crippen molar-refractivity contribution >= 4 is 33.0 Å². The van der Waals surface area contributed by atoms with E-state index >= 15 is 0 Å². The molecule has 7 heteroatoms. The minimum Gasteiger partial charge on any atom is -0.384 e. The molecule has 0 amide bonds. The van der Waals surface area contributed by atoms with Gasteiger partial charge in [0.15, 0.2) is 9.84 Å². The first-order valence-electron chi connectivity index (χ1n) is 7.81. The molecule has 3 rings (SSSR count). The van der Waals surface area contributed by atoms with Crippen LogP contribution in [0.25, 0.3) is 0 Å². The van der Waals surface area contributed by atoms with Crippen molar-refractivity contribution in [3.05, 3.63) is 64.1 Å². The van der Waals surface area contributed by atoms with Gasteiger partial charge in [0.25, 0.3) is 0 Å². The molecule has 0 bridgehead atoms. The van der Waals surface area contributed by atoms with Gasteiger partial charge in [-0.2, -0.15) is 0 Å². The van der Waals surface area contributed by atoms with Crippen LogP contribution in [0.1, 0.15) is 11.5 Å². The number of hydrogen-bond donors (Lipinski definition) is 1. The van der Waals surface area contributed by atoms with Crippen LogP contribution >= 0.6 is 23.2 Å². The molecule has 0 radical (unpaired) electrons. The number of benzene rings is 2. The van der Waals surface area contributed by atoms with E-state index in [4.69, 9.17) is 33.7 Å². The molecule has 0 unspecified atom stereocenters. The molecule has 2 aromatic rings. The lowest BCUT2D eigenvalue weighted by Crippen LogP contribution is -2.28. The molecule has 3 atom stereocenters. The van der Waals surface area contributed by atoms with Gasteiger partial charge >= 0.3 is 0 Å². The van der Waals surface area contributed by atoms with E-state index < -0.39 is 20.5 Å². The molecule has 0 heterocycles. The van der Waals surface area contributed by atoms with Crippen LogP contribution in [0.15, 0.2) is 53.4 Å². The van der Waals surface area contributed by atoms with Crippen molar-refractivity contribution in [1.82, 2.24) is 0 Å². The van der Waals surface area contributed by atoms with Crippen molar-refractivity contribution in [2.75, 3.05) is 20.3 Å². The summed E-state index contributed by atoms with van der Waals surface area (Å²) in [6.45, 7) is 0.486. The van der Waals surface area contributed by atoms with Gasteiger partial charge in [-0.15, -0.1) is 0 Å². The number of hydrogen-bond acceptors (Lipinski definition) is 4. The minimum atomic E-state index is -3.58. The van der Waals surface area contributed by atoms with E-state index in [0.29, 0.717) is 10.0 Å². The van der Waals surface area contributed by atoms with Crippen LogP contribution < -0.4 is 5.73 Å². The normalized spacial score (nSPS) is 25.8. The lowest BCUT2D eigenvalue weighted by atomic mass is 10.0. The molecule has 0 aromatic heterocycles. The third-order valence-electron chi connectivity index (χ3n) is 4.88. The molecule has 134 valence electrons. The zero-order valence-electron chi connectivity index (χ0n) is 13.7. The van der Waals surface area contributed by atoms with E-state index in [-0.39, 0.29) is 24.0 Å². The van der Waals surface area contributed by atoms with Gasteiger partial charge in [0.2, 0.25) is 0 Å². The number of halogens is 2. The zero-order chi connectivity index (χ0) is 18.2. The topological polar surface area (TPSA) is 69.4 Å². The fourth-order valence-electron chi connectivity index (χ4n) is 3.63. The molecule has 0 spiro atoms. The molecule has 25 heavy (non-hydrogen) atoms. The van der Waals surface area contributed by atoms with Gasteiger partial charge in [0, 0.05) is 35.0 Å². The summed E-state index contributed by atoms with van der Waals surface area (Å²) < 4.78 is 31.8. The maximum Gasteiger partial charge on any atom is 0.182 e. The predicted molar refractivity (Wildman–Crippen MR) is 100.0 cm³/mol. The summed E-state index contributed by atoms with van der Waals surface area (Å²) in [5, 5.41) is 0.449. The number of sulfone groups is 1. The van der Waals surface area contributed by atoms with Gasteiger partial charge in [0.1, 0.15) is 0 Å². The number of rotatable bonds is 6. The monoisotopic (exact) mass is 399 g/mol. The second-order valence-electron chi connectivity index (χ2n) is 6.32. The summed E-state index contributed by atoms with van der Waals surface area (Å²) in [5.74, 6) is -0.240. The van der Waals surface area contributed by atoms with E-state index in [1.807, 2.05) is 12.1 Å². The highest BCUT2D eigenvalue weighted by molar-refractivity contribution is 7.92. The summed E-state index contributed by atoms with van der Waals surface area (Å²) >= 11 is 11.8. The van der Waals surface area contributed by atoms with Crippen LogP contribution in [0, 0.1) is 5.41 Å². The molecule has 0 saturated heterocycles. The smallest absolute Gasteiger partial charge is 0.182 e. The average Bonchev–Trinajstić information content (AvgIpc) is 3.26. The summed E-state index contributed by atoms with van der Waals surface area (Å²) in [7, 11) is -2.03. The Morgan fingerprint density at radius 1 is 1.04 bits per heavy atom. The van der Waals surface area contributed by atoms with E-state index in [2.05, 4.69) is 0 Å². The Bertz CT molecular complexity index is 853. The standard InChI is InChI=1S/C18H19Cl2NO3S/c1-24-11-18(10-21)16(12-2-4-13(19)5-3-12)17(18)25(22,23)15-8-6-14(20)7-9-15/h2-9,16-17H,10-11,21H2,1H3/t16-,17+,18+/m0/s1. The van der Waals surface area contributed by atoms with Gasteiger partial charge < -0.3 is 10.5 Å². The van der Waals surface area contributed by atoms with Crippen LogP contribution in [0.5, 0.6) is 0 Å². The Kier molecular flexibility index (Phi) is 5.15. The molecular formula is C18H19Cl2NO3S. The lowest BCUT2D eigenvalue weighted by molar-refractivity contribution is 0.142. The Morgan fingerprint density at radius 3 is 2.04 bits per heavy atom. The molecule has 0 aliphatic heterocycles. The first-order valence-corrected chi connectivity index (χ1v) is 10.1. The van der Waals surface area contributed by atoms with E-state index in [9.17, 15) is 8.42 Å². The van der Waals surface area contributed by atoms with E-state index in [0.717, 1.165) is 5.56 Å². The summed E-state index contributed by atoms with van der Waals surface area (Å²) in [4.78, 5) is 0.243. The molecule has 2 aromatic carbocycles. The Labute approximate surface area is 157 Å².